The van der Waals surface area contributed by atoms with Crippen molar-refractivity contribution in [2.45, 2.75) is 20.3 Å². The molecule has 1 N–H and O–H groups in total. The van der Waals surface area contributed by atoms with Gasteiger partial charge in [0.25, 0.3) is 0 Å². The van der Waals surface area contributed by atoms with Crippen molar-refractivity contribution in [3.05, 3.63) is 71.4 Å². The number of hydrogen-bond acceptors (Lipinski definition) is 4. The summed E-state index contributed by atoms with van der Waals surface area (Å²) in [6, 6.07) is 18.8. The summed E-state index contributed by atoms with van der Waals surface area (Å²) in [5.74, 6) is 1.58. The van der Waals surface area contributed by atoms with E-state index in [-0.39, 0.29) is 0 Å². The molecule has 4 nitrogen and oxygen atoms in total. The number of aryl methyl sites for hydroxylation is 2. The molecule has 1 aliphatic heterocycles. The fourth-order valence-corrected chi connectivity index (χ4v) is 3.07. The van der Waals surface area contributed by atoms with E-state index in [2.05, 4.69) is 70.7 Å². The highest BCUT2D eigenvalue weighted by molar-refractivity contribution is 5.67. The van der Waals surface area contributed by atoms with Gasteiger partial charge < -0.3 is 10.2 Å². The third-order valence-electron chi connectivity index (χ3n) is 4.29. The number of nitrogens with zero attached hydrogens (tertiary/aromatic N) is 3. The molecule has 0 saturated carbocycles. The van der Waals surface area contributed by atoms with E-state index in [4.69, 9.17) is 4.98 Å². The Morgan fingerprint density at radius 3 is 2.58 bits per heavy atom. The highest BCUT2D eigenvalue weighted by atomic mass is 15.3. The smallest absolute Gasteiger partial charge is 0.232 e. The van der Waals surface area contributed by atoms with Crippen molar-refractivity contribution >= 4 is 23.1 Å². The van der Waals surface area contributed by atoms with Crippen LogP contribution in [-0.2, 0) is 6.42 Å². The van der Waals surface area contributed by atoms with Gasteiger partial charge in [-0.2, -0.15) is 4.98 Å². The first-order valence-electron chi connectivity index (χ1n) is 8.24. The molecule has 2 aromatic carbocycles. The average Bonchev–Trinajstić information content (AvgIpc) is 3.01. The standard InChI is InChI=1S/C20H20N4/c1-14-7-9-17(10-8-14)22-19-13-15(2)21-20(23-19)24-12-11-16-5-3-4-6-18(16)24/h3-10,13H,11-12H2,1-2H3,(H,21,22,23). The number of benzene rings is 2. The molecular formula is C20H20N4. The highest BCUT2D eigenvalue weighted by Gasteiger charge is 2.22. The van der Waals surface area contributed by atoms with E-state index in [1.54, 1.807) is 0 Å². The van der Waals surface area contributed by atoms with Crippen LogP contribution in [0.15, 0.2) is 54.6 Å². The summed E-state index contributed by atoms with van der Waals surface area (Å²) < 4.78 is 0. The van der Waals surface area contributed by atoms with Gasteiger partial charge in [-0.15, -0.1) is 0 Å². The van der Waals surface area contributed by atoms with Crippen molar-refractivity contribution in [1.29, 1.82) is 0 Å². The van der Waals surface area contributed by atoms with Crippen molar-refractivity contribution in [2.75, 3.05) is 16.8 Å². The van der Waals surface area contributed by atoms with Crippen LogP contribution in [0, 0.1) is 13.8 Å². The zero-order valence-electron chi connectivity index (χ0n) is 14.0. The van der Waals surface area contributed by atoms with Crippen LogP contribution >= 0.6 is 0 Å². The summed E-state index contributed by atoms with van der Waals surface area (Å²) in [5, 5.41) is 3.38. The molecule has 0 saturated heterocycles. The van der Waals surface area contributed by atoms with Crippen LogP contribution in [0.25, 0.3) is 0 Å². The molecule has 3 aromatic rings. The lowest BCUT2D eigenvalue weighted by atomic mass is 10.2. The second-order valence-electron chi connectivity index (χ2n) is 6.22. The van der Waals surface area contributed by atoms with E-state index in [1.165, 1.54) is 16.8 Å². The first-order valence-corrected chi connectivity index (χ1v) is 8.24. The monoisotopic (exact) mass is 316 g/mol. The number of nitrogens with one attached hydrogen (secondary N) is 1. The molecule has 0 bridgehead atoms. The second-order valence-corrected chi connectivity index (χ2v) is 6.22. The number of anilines is 4. The third kappa shape index (κ3) is 2.83. The quantitative estimate of drug-likeness (QED) is 0.770. The van der Waals surface area contributed by atoms with Crippen molar-refractivity contribution in [3.8, 4) is 0 Å². The number of aromatic nitrogens is 2. The number of rotatable bonds is 3. The largest absolute Gasteiger partial charge is 0.340 e. The Bertz CT molecular complexity index is 871. The zero-order chi connectivity index (χ0) is 16.5. The number of fused-ring (bicyclic) bond motifs is 1. The second kappa shape index (κ2) is 5.96. The molecule has 120 valence electrons. The van der Waals surface area contributed by atoms with Crippen LogP contribution in [0.2, 0.25) is 0 Å². The first kappa shape index (κ1) is 14.7. The molecule has 0 fully saturated rings. The van der Waals surface area contributed by atoms with Crippen LogP contribution in [-0.4, -0.2) is 16.5 Å². The van der Waals surface area contributed by atoms with Crippen LogP contribution < -0.4 is 10.2 Å². The maximum absolute atomic E-state index is 4.74. The summed E-state index contributed by atoms with van der Waals surface area (Å²) in [4.78, 5) is 11.6. The fraction of sp³-hybridized carbons (Fsp3) is 0.200. The van der Waals surface area contributed by atoms with Crippen molar-refractivity contribution in [1.82, 2.24) is 9.97 Å². The van der Waals surface area contributed by atoms with Gasteiger partial charge in [0, 0.05) is 29.7 Å². The van der Waals surface area contributed by atoms with E-state index in [9.17, 15) is 0 Å². The normalized spacial score (nSPS) is 13.0. The summed E-state index contributed by atoms with van der Waals surface area (Å²) in [6.07, 6.45) is 1.04. The number of hydrogen-bond donors (Lipinski definition) is 1. The highest BCUT2D eigenvalue weighted by Crippen LogP contribution is 2.33. The maximum Gasteiger partial charge on any atom is 0.232 e. The van der Waals surface area contributed by atoms with E-state index < -0.39 is 0 Å². The molecule has 1 aliphatic rings. The first-order chi connectivity index (χ1) is 11.7. The van der Waals surface area contributed by atoms with Crippen LogP contribution in [0.4, 0.5) is 23.1 Å². The topological polar surface area (TPSA) is 41.1 Å². The molecule has 24 heavy (non-hydrogen) atoms. The summed E-state index contributed by atoms with van der Waals surface area (Å²) in [5.41, 5.74) is 5.80. The molecule has 0 radical (unpaired) electrons. The van der Waals surface area contributed by atoms with Gasteiger partial charge in [-0.1, -0.05) is 35.9 Å². The zero-order valence-corrected chi connectivity index (χ0v) is 14.0. The minimum atomic E-state index is 0.759. The van der Waals surface area contributed by atoms with Gasteiger partial charge in [-0.05, 0) is 44.0 Å². The van der Waals surface area contributed by atoms with Gasteiger partial charge in [-0.3, -0.25) is 0 Å². The van der Waals surface area contributed by atoms with Gasteiger partial charge in [0.1, 0.15) is 5.82 Å². The van der Waals surface area contributed by atoms with Gasteiger partial charge in [0.2, 0.25) is 5.95 Å². The van der Waals surface area contributed by atoms with Gasteiger partial charge in [0.15, 0.2) is 0 Å². The predicted molar refractivity (Wildman–Crippen MR) is 98.4 cm³/mol. The SMILES string of the molecule is Cc1ccc(Nc2cc(C)nc(N3CCc4ccccc43)n2)cc1. The Labute approximate surface area is 142 Å². The van der Waals surface area contributed by atoms with Crippen molar-refractivity contribution < 1.29 is 0 Å². The van der Waals surface area contributed by atoms with Gasteiger partial charge in [0.05, 0.1) is 0 Å². The van der Waals surface area contributed by atoms with Crippen molar-refractivity contribution in [3.63, 3.8) is 0 Å². The maximum atomic E-state index is 4.74. The molecule has 0 unspecified atom stereocenters. The van der Waals surface area contributed by atoms with Gasteiger partial charge in [-0.25, -0.2) is 4.98 Å². The minimum absolute atomic E-state index is 0.759. The van der Waals surface area contributed by atoms with E-state index in [1.807, 2.05) is 13.0 Å². The molecule has 0 atom stereocenters. The Morgan fingerprint density at radius 1 is 0.958 bits per heavy atom. The predicted octanol–water partition coefficient (Wildman–Crippen LogP) is 4.53. The molecule has 0 amide bonds. The Morgan fingerprint density at radius 2 is 1.75 bits per heavy atom. The molecule has 4 rings (SSSR count). The third-order valence-corrected chi connectivity index (χ3v) is 4.29. The Hall–Kier alpha value is -2.88. The summed E-state index contributed by atoms with van der Waals surface area (Å²) in [7, 11) is 0. The van der Waals surface area contributed by atoms with Crippen LogP contribution in [0.5, 0.6) is 0 Å². The molecule has 4 heteroatoms. The molecule has 1 aromatic heterocycles. The minimum Gasteiger partial charge on any atom is -0.340 e. The molecule has 0 spiro atoms. The number of para-hydroxylation sites is 1. The van der Waals surface area contributed by atoms with E-state index in [0.717, 1.165) is 36.1 Å². The van der Waals surface area contributed by atoms with E-state index in [0.29, 0.717) is 0 Å². The average molecular weight is 316 g/mol. The fourth-order valence-electron chi connectivity index (χ4n) is 3.07. The molecular weight excluding hydrogens is 296 g/mol. The van der Waals surface area contributed by atoms with E-state index >= 15 is 0 Å². The Kier molecular flexibility index (Phi) is 3.65. The van der Waals surface area contributed by atoms with Crippen molar-refractivity contribution in [2.24, 2.45) is 0 Å². The lowest BCUT2D eigenvalue weighted by molar-refractivity contribution is 0.931. The lowest BCUT2D eigenvalue weighted by Crippen LogP contribution is -2.17. The van der Waals surface area contributed by atoms with Crippen LogP contribution in [0.1, 0.15) is 16.8 Å². The summed E-state index contributed by atoms with van der Waals surface area (Å²) >= 11 is 0. The van der Waals surface area contributed by atoms with Gasteiger partial charge >= 0.3 is 0 Å². The molecule has 2 heterocycles. The lowest BCUT2D eigenvalue weighted by Gasteiger charge is -2.18. The van der Waals surface area contributed by atoms with Crippen LogP contribution in [0.3, 0.4) is 0 Å². The molecule has 0 aliphatic carbocycles. The Balaban J connectivity index is 1.66. The summed E-state index contributed by atoms with van der Waals surface area (Å²) in [6.45, 7) is 5.02.